The number of hydrogen-bond acceptors (Lipinski definition) is 0. The van der Waals surface area contributed by atoms with Crippen LogP contribution in [0.25, 0.3) is 0 Å². The van der Waals surface area contributed by atoms with Crippen molar-refractivity contribution in [1.82, 2.24) is 0 Å². The van der Waals surface area contributed by atoms with E-state index >= 15 is 0 Å². The van der Waals surface area contributed by atoms with E-state index in [4.69, 9.17) is 0 Å². The van der Waals surface area contributed by atoms with Gasteiger partial charge in [-0.15, -0.1) is 0 Å². The first-order valence-electron chi connectivity index (χ1n) is 0. The predicted octanol–water partition coefficient (Wildman–Crippen LogP) is -2.10. The van der Waals surface area contributed by atoms with E-state index in [1.165, 1.54) is 0 Å². The molecule has 20 valence electrons. The van der Waals surface area contributed by atoms with E-state index in [0.717, 1.165) is 0 Å². The van der Waals surface area contributed by atoms with Gasteiger partial charge in [0.15, 0.2) is 0 Å². The Hall–Kier alpha value is 2.69. The van der Waals surface area contributed by atoms with Crippen molar-refractivity contribution in [3.63, 3.8) is 0 Å². The Labute approximate surface area is 94.9 Å². The zero-order chi connectivity index (χ0) is 0. The molecule has 0 amide bonds. The molecule has 0 aliphatic heterocycles. The molecule has 0 fully saturated rings. The summed E-state index contributed by atoms with van der Waals surface area (Å²) in [4.78, 5) is 0. The zero-order valence-electron chi connectivity index (χ0n) is 3.50. The summed E-state index contributed by atoms with van der Waals surface area (Å²) in [7, 11) is 0. The zero-order valence-corrected chi connectivity index (χ0v) is 10.8. The van der Waals surface area contributed by atoms with Crippen LogP contribution < -0.4 is 51.4 Å². The van der Waals surface area contributed by atoms with E-state index in [9.17, 15) is 0 Å². The van der Waals surface area contributed by atoms with Crippen molar-refractivity contribution in [2.75, 3.05) is 0 Å². The molecule has 0 nitrogen and oxygen atoms in total. The average molecular weight is 307 g/mol. The summed E-state index contributed by atoms with van der Waals surface area (Å²) in [6, 6.07) is 0. The number of hydrogen-bond donors (Lipinski definition) is 0. The normalized spacial score (nSPS) is 0. The third-order valence-electron chi connectivity index (χ3n) is 0. The van der Waals surface area contributed by atoms with E-state index in [2.05, 4.69) is 0 Å². The van der Waals surface area contributed by atoms with Gasteiger partial charge < -0.3 is 14.9 Å². The molecule has 0 unspecified atom stereocenters. The fraction of sp³-hybridized carbons (Fsp3) is 0. The second kappa shape index (κ2) is 17.3. The largest absolute Gasteiger partial charge is 1.00 e. The quantitative estimate of drug-likeness (QED) is 0.355. The van der Waals surface area contributed by atoms with Crippen molar-refractivity contribution in [1.29, 1.82) is 0 Å². The van der Waals surface area contributed by atoms with Gasteiger partial charge in [-0.25, -0.2) is 0 Å². The van der Waals surface area contributed by atoms with Crippen LogP contribution >= 0.6 is 0 Å². The van der Waals surface area contributed by atoms with Crippen LogP contribution in [0.15, 0.2) is 0 Å². The van der Waals surface area contributed by atoms with Gasteiger partial charge in [-0.1, -0.05) is 0 Å². The fourth-order valence-corrected chi connectivity index (χ4v) is 0. The minimum Gasteiger partial charge on any atom is -0.358 e. The molecule has 0 aliphatic rings. The van der Waals surface area contributed by atoms with Gasteiger partial charge in [-0.2, -0.15) is 0 Å². The fourth-order valence-electron chi connectivity index (χ4n) is 0. The molecule has 0 spiro atoms. The SMILES string of the molecule is [CH3-].[CH3-].[K+].[U]. The van der Waals surface area contributed by atoms with Gasteiger partial charge in [0.05, 0.1) is 0 Å². The maximum atomic E-state index is 0. The van der Waals surface area contributed by atoms with Crippen LogP contribution in [0.1, 0.15) is 0 Å². The minimum absolute atomic E-state index is 0. The summed E-state index contributed by atoms with van der Waals surface area (Å²) in [6.07, 6.45) is 0. The van der Waals surface area contributed by atoms with Gasteiger partial charge in [0.25, 0.3) is 0 Å². The van der Waals surface area contributed by atoms with E-state index in [1.807, 2.05) is 0 Å². The van der Waals surface area contributed by atoms with Gasteiger partial charge in [0.2, 0.25) is 0 Å². The van der Waals surface area contributed by atoms with Crippen molar-refractivity contribution in [3.05, 3.63) is 14.9 Å². The van der Waals surface area contributed by atoms with E-state index in [1.54, 1.807) is 0 Å². The van der Waals surface area contributed by atoms with Crippen molar-refractivity contribution < 1.29 is 82.5 Å². The second-order valence-corrected chi connectivity index (χ2v) is 0. The van der Waals surface area contributed by atoms with E-state index < -0.39 is 0 Å². The summed E-state index contributed by atoms with van der Waals surface area (Å²) in [5.74, 6) is 0. The van der Waals surface area contributed by atoms with Gasteiger partial charge in [-0.05, 0) is 0 Å². The third-order valence-corrected chi connectivity index (χ3v) is 0. The molecule has 4 heavy (non-hydrogen) atoms. The molecule has 0 saturated heterocycles. The van der Waals surface area contributed by atoms with Gasteiger partial charge >= 0.3 is 51.4 Å². The Morgan fingerprint density at radius 3 is 0.750 bits per heavy atom. The standard InChI is InChI=1S/2CH3.K.U/h2*1H3;;/q2*-1;+1;. The molecular formula is C2H6KU-. The first-order chi connectivity index (χ1) is 0. The van der Waals surface area contributed by atoms with Crippen molar-refractivity contribution in [3.8, 4) is 0 Å². The molecular weight excluding hydrogens is 301 g/mol. The third kappa shape index (κ3) is 8.82. The Morgan fingerprint density at radius 2 is 0.750 bits per heavy atom. The van der Waals surface area contributed by atoms with Crippen LogP contribution in [0.5, 0.6) is 0 Å². The summed E-state index contributed by atoms with van der Waals surface area (Å²) < 4.78 is 0. The van der Waals surface area contributed by atoms with Crippen molar-refractivity contribution in [2.45, 2.75) is 0 Å². The molecule has 0 saturated carbocycles. The summed E-state index contributed by atoms with van der Waals surface area (Å²) in [5, 5.41) is 0. The molecule has 0 radical (unpaired) electrons. The maximum Gasteiger partial charge on any atom is 1.00 e. The molecule has 0 N–H and O–H groups in total. The molecule has 0 aromatic heterocycles. The van der Waals surface area contributed by atoms with E-state index in [-0.39, 0.29) is 97.4 Å². The topological polar surface area (TPSA) is 0 Å². The van der Waals surface area contributed by atoms with Crippen LogP contribution in [0.2, 0.25) is 0 Å². The Balaban J connectivity index is 0. The van der Waals surface area contributed by atoms with Crippen molar-refractivity contribution in [2.24, 2.45) is 0 Å². The molecule has 2 heteroatoms. The summed E-state index contributed by atoms with van der Waals surface area (Å²) in [5.41, 5.74) is 0. The van der Waals surface area contributed by atoms with Gasteiger partial charge in [0.1, 0.15) is 0 Å². The van der Waals surface area contributed by atoms with Gasteiger partial charge in [0, 0.05) is 31.1 Å². The van der Waals surface area contributed by atoms with Crippen molar-refractivity contribution >= 4 is 0 Å². The second-order valence-electron chi connectivity index (χ2n) is 0. The summed E-state index contributed by atoms with van der Waals surface area (Å²) >= 11 is 0. The number of rotatable bonds is 0. The molecule has 0 heterocycles. The molecule has 0 aromatic rings. The maximum absolute atomic E-state index is 0. The van der Waals surface area contributed by atoms with Crippen LogP contribution in [-0.2, 0) is 0 Å². The molecule has 0 aromatic carbocycles. The van der Waals surface area contributed by atoms with Crippen LogP contribution in [0.4, 0.5) is 0 Å². The molecule has 0 aliphatic carbocycles. The first-order valence-corrected chi connectivity index (χ1v) is 0. The molecule has 0 atom stereocenters. The Morgan fingerprint density at radius 1 is 0.750 bits per heavy atom. The van der Waals surface area contributed by atoms with Crippen LogP contribution in [0, 0.1) is 46.0 Å². The molecule has 0 bridgehead atoms. The summed E-state index contributed by atoms with van der Waals surface area (Å²) in [6.45, 7) is 0. The van der Waals surface area contributed by atoms with Crippen LogP contribution in [-0.4, -0.2) is 0 Å². The van der Waals surface area contributed by atoms with E-state index in [0.29, 0.717) is 0 Å². The minimum atomic E-state index is 0. The Kier molecular flexibility index (Phi) is 130. The first kappa shape index (κ1) is 29.9. The monoisotopic (exact) mass is 307 g/mol. The average Bonchev–Trinajstić information content (AvgIpc) is 0. The molecule has 0 rings (SSSR count). The van der Waals surface area contributed by atoms with Gasteiger partial charge in [-0.3, -0.25) is 0 Å². The van der Waals surface area contributed by atoms with Crippen LogP contribution in [0.3, 0.4) is 0 Å². The predicted molar refractivity (Wildman–Crippen MR) is 12.8 cm³/mol. The Bertz CT molecular complexity index is 6.00. The smallest absolute Gasteiger partial charge is 0.358 e.